The first kappa shape index (κ1) is 16.6. The lowest BCUT2D eigenvalue weighted by atomic mass is 10.0. The fourth-order valence-electron chi connectivity index (χ4n) is 2.56. The maximum atomic E-state index is 12.6. The van der Waals surface area contributed by atoms with Gasteiger partial charge < -0.3 is 15.5 Å². The van der Waals surface area contributed by atoms with Gasteiger partial charge in [0.15, 0.2) is 0 Å². The molecule has 0 aliphatic carbocycles. The molecular weight excluding hydrogens is 292 g/mol. The van der Waals surface area contributed by atoms with Gasteiger partial charge in [-0.3, -0.25) is 9.59 Å². The molecule has 0 fully saturated rings. The molecule has 0 radical (unpaired) electrons. The molecule has 0 spiro atoms. The molecule has 1 aromatic carbocycles. The van der Waals surface area contributed by atoms with Crippen LogP contribution in [0.25, 0.3) is 0 Å². The van der Waals surface area contributed by atoms with Crippen molar-refractivity contribution >= 4 is 18.0 Å². The highest BCUT2D eigenvalue weighted by molar-refractivity contribution is 6.08. The van der Waals surface area contributed by atoms with Crippen LogP contribution in [0.2, 0.25) is 0 Å². The van der Waals surface area contributed by atoms with E-state index < -0.39 is 0 Å². The van der Waals surface area contributed by atoms with Crippen LogP contribution >= 0.6 is 0 Å². The maximum absolute atomic E-state index is 12.6. The van der Waals surface area contributed by atoms with Crippen molar-refractivity contribution in [3.8, 4) is 6.07 Å². The van der Waals surface area contributed by atoms with E-state index in [2.05, 4.69) is 10.6 Å². The summed E-state index contributed by atoms with van der Waals surface area (Å²) in [7, 11) is 0. The van der Waals surface area contributed by atoms with Crippen LogP contribution in [0.15, 0.2) is 36.0 Å². The number of para-hydroxylation sites is 1. The summed E-state index contributed by atoms with van der Waals surface area (Å²) in [5.74, 6) is -0.279. The number of rotatable bonds is 7. The second-order valence-electron chi connectivity index (χ2n) is 5.24. The van der Waals surface area contributed by atoms with E-state index in [-0.39, 0.29) is 11.5 Å². The SMILES string of the molecule is N#C/C(=C/NCCCNC=O)C(=O)N1CCCc2ccccc21. The van der Waals surface area contributed by atoms with E-state index in [4.69, 9.17) is 0 Å². The number of nitrogens with zero attached hydrogens (tertiary/aromatic N) is 2. The molecule has 2 amide bonds. The van der Waals surface area contributed by atoms with E-state index in [0.29, 0.717) is 32.5 Å². The van der Waals surface area contributed by atoms with Crippen LogP contribution in [0, 0.1) is 11.3 Å². The first-order valence-electron chi connectivity index (χ1n) is 7.68. The molecule has 0 saturated heterocycles. The number of nitriles is 1. The largest absolute Gasteiger partial charge is 0.390 e. The van der Waals surface area contributed by atoms with Gasteiger partial charge in [0.25, 0.3) is 5.91 Å². The summed E-state index contributed by atoms with van der Waals surface area (Å²) in [5, 5.41) is 14.8. The van der Waals surface area contributed by atoms with Crippen LogP contribution in [-0.2, 0) is 16.0 Å². The molecule has 23 heavy (non-hydrogen) atoms. The van der Waals surface area contributed by atoms with Crippen LogP contribution in [0.3, 0.4) is 0 Å². The molecule has 2 rings (SSSR count). The monoisotopic (exact) mass is 312 g/mol. The van der Waals surface area contributed by atoms with Gasteiger partial charge >= 0.3 is 0 Å². The second kappa shape index (κ2) is 8.59. The molecule has 6 heteroatoms. The average molecular weight is 312 g/mol. The van der Waals surface area contributed by atoms with Crippen LogP contribution in [-0.4, -0.2) is 32.0 Å². The summed E-state index contributed by atoms with van der Waals surface area (Å²) in [6.07, 6.45) is 4.67. The predicted molar refractivity (Wildman–Crippen MR) is 87.5 cm³/mol. The van der Waals surface area contributed by atoms with Crippen molar-refractivity contribution in [1.82, 2.24) is 10.6 Å². The topological polar surface area (TPSA) is 85.2 Å². The summed E-state index contributed by atoms with van der Waals surface area (Å²) in [6, 6.07) is 9.76. The maximum Gasteiger partial charge on any atom is 0.270 e. The third-order valence-corrected chi connectivity index (χ3v) is 3.68. The zero-order valence-corrected chi connectivity index (χ0v) is 12.9. The molecule has 1 aliphatic heterocycles. The van der Waals surface area contributed by atoms with Gasteiger partial charge in [0.2, 0.25) is 6.41 Å². The van der Waals surface area contributed by atoms with Crippen molar-refractivity contribution in [2.24, 2.45) is 0 Å². The number of aryl methyl sites for hydroxylation is 1. The smallest absolute Gasteiger partial charge is 0.270 e. The fourth-order valence-corrected chi connectivity index (χ4v) is 2.56. The molecule has 120 valence electrons. The van der Waals surface area contributed by atoms with Crippen molar-refractivity contribution < 1.29 is 9.59 Å². The number of nitrogens with one attached hydrogen (secondary N) is 2. The highest BCUT2D eigenvalue weighted by atomic mass is 16.2. The average Bonchev–Trinajstić information content (AvgIpc) is 2.60. The summed E-state index contributed by atoms with van der Waals surface area (Å²) in [5.41, 5.74) is 2.11. The number of hydrogen-bond donors (Lipinski definition) is 2. The molecule has 1 aliphatic rings. The number of hydrogen-bond acceptors (Lipinski definition) is 4. The minimum atomic E-state index is -0.279. The Morgan fingerprint density at radius 2 is 2.09 bits per heavy atom. The van der Waals surface area contributed by atoms with Gasteiger partial charge in [0.1, 0.15) is 11.6 Å². The van der Waals surface area contributed by atoms with Crippen molar-refractivity contribution in [2.45, 2.75) is 19.3 Å². The first-order valence-corrected chi connectivity index (χ1v) is 7.68. The molecule has 1 aromatic rings. The van der Waals surface area contributed by atoms with Gasteiger partial charge in [0.05, 0.1) is 0 Å². The molecule has 0 aromatic heterocycles. The van der Waals surface area contributed by atoms with Crippen LogP contribution in [0.1, 0.15) is 18.4 Å². The first-order chi connectivity index (χ1) is 11.3. The molecule has 0 atom stereocenters. The van der Waals surface area contributed by atoms with E-state index in [1.54, 1.807) is 4.90 Å². The van der Waals surface area contributed by atoms with Gasteiger partial charge in [-0.15, -0.1) is 0 Å². The lowest BCUT2D eigenvalue weighted by molar-refractivity contribution is -0.115. The highest BCUT2D eigenvalue weighted by Crippen LogP contribution is 2.27. The van der Waals surface area contributed by atoms with Crippen molar-refractivity contribution in [2.75, 3.05) is 24.5 Å². The van der Waals surface area contributed by atoms with Crippen LogP contribution < -0.4 is 15.5 Å². The van der Waals surface area contributed by atoms with E-state index >= 15 is 0 Å². The van der Waals surface area contributed by atoms with Gasteiger partial charge in [-0.1, -0.05) is 18.2 Å². The van der Waals surface area contributed by atoms with E-state index in [1.165, 1.54) is 6.20 Å². The quantitative estimate of drug-likeness (QED) is 0.342. The Labute approximate surface area is 135 Å². The van der Waals surface area contributed by atoms with Crippen molar-refractivity contribution in [3.63, 3.8) is 0 Å². The standard InChI is InChI=1S/C17H20N4O2/c18-11-15(12-19-8-4-9-20-13-22)17(23)21-10-3-6-14-5-1-2-7-16(14)21/h1-2,5,7,12-13,19H,3-4,6,8-10H2,(H,20,22)/b15-12-. The number of benzene rings is 1. The lowest BCUT2D eigenvalue weighted by Gasteiger charge is -2.29. The molecule has 6 nitrogen and oxygen atoms in total. The van der Waals surface area contributed by atoms with E-state index in [0.717, 1.165) is 24.1 Å². The second-order valence-corrected chi connectivity index (χ2v) is 5.24. The van der Waals surface area contributed by atoms with Gasteiger partial charge in [-0.05, 0) is 30.9 Å². The Bertz CT molecular complexity index is 634. The number of amides is 2. The van der Waals surface area contributed by atoms with Gasteiger partial charge in [-0.25, -0.2) is 0 Å². The summed E-state index contributed by atoms with van der Waals surface area (Å²) >= 11 is 0. The fraction of sp³-hybridized carbons (Fsp3) is 0.353. The minimum absolute atomic E-state index is 0.0880. The third kappa shape index (κ3) is 4.33. The van der Waals surface area contributed by atoms with Crippen LogP contribution in [0.5, 0.6) is 0 Å². The Morgan fingerprint density at radius 1 is 1.30 bits per heavy atom. The molecule has 0 saturated carbocycles. The Kier molecular flexibility index (Phi) is 6.18. The zero-order chi connectivity index (χ0) is 16.5. The summed E-state index contributed by atoms with van der Waals surface area (Å²) in [6.45, 7) is 1.76. The van der Waals surface area contributed by atoms with Crippen molar-refractivity contribution in [1.29, 1.82) is 5.26 Å². The molecule has 1 heterocycles. The number of fused-ring (bicyclic) bond motifs is 1. The lowest BCUT2D eigenvalue weighted by Crippen LogP contribution is -2.36. The molecule has 0 bridgehead atoms. The van der Waals surface area contributed by atoms with Gasteiger partial charge in [0, 0.05) is 31.5 Å². The third-order valence-electron chi connectivity index (χ3n) is 3.68. The molecular formula is C17H20N4O2. The zero-order valence-electron chi connectivity index (χ0n) is 12.9. The van der Waals surface area contributed by atoms with Gasteiger partial charge in [-0.2, -0.15) is 5.26 Å². The van der Waals surface area contributed by atoms with Crippen molar-refractivity contribution in [3.05, 3.63) is 41.6 Å². The van der Waals surface area contributed by atoms with E-state index in [1.807, 2.05) is 30.3 Å². The summed E-state index contributed by atoms with van der Waals surface area (Å²) in [4.78, 5) is 24.4. The summed E-state index contributed by atoms with van der Waals surface area (Å²) < 4.78 is 0. The van der Waals surface area contributed by atoms with Crippen LogP contribution in [0.4, 0.5) is 5.69 Å². The normalized spacial score (nSPS) is 13.7. The highest BCUT2D eigenvalue weighted by Gasteiger charge is 2.24. The number of carbonyl (C=O) groups excluding carboxylic acids is 2. The molecule has 0 unspecified atom stereocenters. The number of carbonyl (C=O) groups is 2. The Morgan fingerprint density at radius 3 is 2.87 bits per heavy atom. The number of anilines is 1. The predicted octanol–water partition coefficient (Wildman–Crippen LogP) is 1.10. The molecule has 2 N–H and O–H groups in total. The van der Waals surface area contributed by atoms with E-state index in [9.17, 15) is 14.9 Å². The Balaban J connectivity index is 2.00. The Hall–Kier alpha value is -2.81. The minimum Gasteiger partial charge on any atom is -0.390 e.